The number of carbonyl (C=O) groups is 1. The van der Waals surface area contributed by atoms with Gasteiger partial charge in [0.25, 0.3) is 0 Å². The van der Waals surface area contributed by atoms with E-state index in [0.717, 1.165) is 44.6 Å². The number of imidazole rings is 1. The van der Waals surface area contributed by atoms with E-state index in [4.69, 9.17) is 4.98 Å². The first kappa shape index (κ1) is 20.3. The molecule has 3 rings (SSSR count). The Hall–Kier alpha value is -2.44. The van der Waals surface area contributed by atoms with Gasteiger partial charge in [0, 0.05) is 44.1 Å². The highest BCUT2D eigenvalue weighted by atomic mass is 16.1. The van der Waals surface area contributed by atoms with Crippen LogP contribution in [0.2, 0.25) is 0 Å². The number of carbonyl (C=O) groups excluding carboxylic acids is 1. The number of hydrogen-bond acceptors (Lipinski definition) is 5. The van der Waals surface area contributed by atoms with E-state index in [1.165, 1.54) is 25.7 Å². The molecule has 0 saturated carbocycles. The van der Waals surface area contributed by atoms with Crippen LogP contribution in [0, 0.1) is 0 Å². The lowest BCUT2D eigenvalue weighted by Gasteiger charge is -2.36. The van der Waals surface area contributed by atoms with Crippen molar-refractivity contribution in [1.82, 2.24) is 24.8 Å². The highest BCUT2D eigenvalue weighted by Gasteiger charge is 2.26. The zero-order valence-electron chi connectivity index (χ0n) is 16.9. The summed E-state index contributed by atoms with van der Waals surface area (Å²) in [6, 6.07) is 2.13. The molecule has 0 bridgehead atoms. The first-order valence-electron chi connectivity index (χ1n) is 10.6. The SMILES string of the molecule is CCCCCCCNC(=O)CC1CCCCN1c1ccnc(-n2ccnc2)n1. The second kappa shape index (κ2) is 10.8. The number of aromatic nitrogens is 4. The highest BCUT2D eigenvalue weighted by Crippen LogP contribution is 2.25. The number of unbranched alkanes of at least 4 members (excludes halogenated alkanes) is 4. The molecule has 3 heterocycles. The van der Waals surface area contributed by atoms with E-state index in [-0.39, 0.29) is 11.9 Å². The van der Waals surface area contributed by atoms with Crippen LogP contribution < -0.4 is 10.2 Å². The fraction of sp³-hybridized carbons (Fsp3) is 0.619. The van der Waals surface area contributed by atoms with Crippen molar-refractivity contribution < 1.29 is 4.79 Å². The van der Waals surface area contributed by atoms with E-state index >= 15 is 0 Å². The predicted molar refractivity (Wildman–Crippen MR) is 111 cm³/mol. The molecule has 1 atom stereocenters. The minimum Gasteiger partial charge on any atom is -0.356 e. The molecule has 1 aliphatic heterocycles. The van der Waals surface area contributed by atoms with Gasteiger partial charge in [0.05, 0.1) is 0 Å². The molecule has 0 spiro atoms. The van der Waals surface area contributed by atoms with Crippen LogP contribution in [0.25, 0.3) is 5.95 Å². The quantitative estimate of drug-likeness (QED) is 0.635. The zero-order chi connectivity index (χ0) is 19.6. The Kier molecular flexibility index (Phi) is 7.82. The number of piperidine rings is 1. The van der Waals surface area contributed by atoms with E-state index in [1.807, 2.05) is 12.3 Å². The smallest absolute Gasteiger partial charge is 0.236 e. The standard InChI is InChI=1S/C21H32N6O/c1-2-3-4-5-7-11-23-20(28)16-18-9-6-8-14-27(18)19-10-12-24-21(25-19)26-15-13-22-17-26/h10,12-13,15,17-18H,2-9,11,14,16H2,1H3,(H,23,28). The third-order valence-corrected chi connectivity index (χ3v) is 5.31. The van der Waals surface area contributed by atoms with Crippen LogP contribution in [0.1, 0.15) is 64.7 Å². The molecule has 1 saturated heterocycles. The van der Waals surface area contributed by atoms with Gasteiger partial charge in [0.15, 0.2) is 0 Å². The Morgan fingerprint density at radius 1 is 1.21 bits per heavy atom. The molecule has 28 heavy (non-hydrogen) atoms. The molecular formula is C21H32N6O. The van der Waals surface area contributed by atoms with Gasteiger partial charge < -0.3 is 10.2 Å². The molecule has 1 aliphatic rings. The van der Waals surface area contributed by atoms with Gasteiger partial charge in [-0.25, -0.2) is 9.97 Å². The van der Waals surface area contributed by atoms with Crippen LogP contribution in [0.3, 0.4) is 0 Å². The fourth-order valence-electron chi connectivity index (χ4n) is 3.76. The predicted octanol–water partition coefficient (Wildman–Crippen LogP) is 3.50. The van der Waals surface area contributed by atoms with Gasteiger partial charge in [-0.2, -0.15) is 4.98 Å². The molecule has 0 radical (unpaired) electrons. The van der Waals surface area contributed by atoms with Crippen molar-refractivity contribution in [2.75, 3.05) is 18.0 Å². The summed E-state index contributed by atoms with van der Waals surface area (Å²) in [5.74, 6) is 1.64. The number of amides is 1. The van der Waals surface area contributed by atoms with Gasteiger partial charge in [-0.15, -0.1) is 0 Å². The Balaban J connectivity index is 1.55. The number of nitrogens with one attached hydrogen (secondary N) is 1. The maximum atomic E-state index is 12.4. The molecule has 2 aromatic heterocycles. The van der Waals surface area contributed by atoms with Crippen molar-refractivity contribution in [2.24, 2.45) is 0 Å². The second-order valence-electron chi connectivity index (χ2n) is 7.50. The van der Waals surface area contributed by atoms with Crippen molar-refractivity contribution in [1.29, 1.82) is 0 Å². The van der Waals surface area contributed by atoms with Gasteiger partial charge >= 0.3 is 0 Å². The van der Waals surface area contributed by atoms with E-state index in [1.54, 1.807) is 23.3 Å². The summed E-state index contributed by atoms with van der Waals surface area (Å²) >= 11 is 0. The summed E-state index contributed by atoms with van der Waals surface area (Å²) in [6.07, 6.45) is 16.9. The average molecular weight is 385 g/mol. The largest absolute Gasteiger partial charge is 0.356 e. The number of rotatable bonds is 10. The van der Waals surface area contributed by atoms with Gasteiger partial charge in [-0.3, -0.25) is 9.36 Å². The van der Waals surface area contributed by atoms with Crippen LogP contribution in [-0.2, 0) is 4.79 Å². The van der Waals surface area contributed by atoms with E-state index in [9.17, 15) is 4.79 Å². The maximum Gasteiger partial charge on any atom is 0.236 e. The molecule has 2 aromatic rings. The molecule has 1 amide bonds. The highest BCUT2D eigenvalue weighted by molar-refractivity contribution is 5.77. The van der Waals surface area contributed by atoms with Gasteiger partial charge in [0.2, 0.25) is 11.9 Å². The van der Waals surface area contributed by atoms with Gasteiger partial charge in [-0.05, 0) is 31.7 Å². The number of anilines is 1. The minimum atomic E-state index is 0.149. The molecule has 152 valence electrons. The molecule has 0 aliphatic carbocycles. The summed E-state index contributed by atoms with van der Waals surface area (Å²) in [5.41, 5.74) is 0. The first-order valence-corrected chi connectivity index (χ1v) is 10.6. The lowest BCUT2D eigenvalue weighted by atomic mass is 9.99. The summed E-state index contributed by atoms with van der Waals surface area (Å²) in [5, 5.41) is 3.10. The van der Waals surface area contributed by atoms with Crippen molar-refractivity contribution in [3.8, 4) is 5.95 Å². The van der Waals surface area contributed by atoms with Crippen LogP contribution in [0.4, 0.5) is 5.82 Å². The van der Waals surface area contributed by atoms with Gasteiger partial charge in [-0.1, -0.05) is 32.6 Å². The summed E-state index contributed by atoms with van der Waals surface area (Å²) in [6.45, 7) is 3.93. The molecule has 7 heteroatoms. The topological polar surface area (TPSA) is 75.9 Å². The Labute approximate surface area is 167 Å². The molecule has 1 fully saturated rings. The van der Waals surface area contributed by atoms with Crippen molar-refractivity contribution in [2.45, 2.75) is 70.8 Å². The maximum absolute atomic E-state index is 12.4. The number of hydrogen-bond donors (Lipinski definition) is 1. The van der Waals surface area contributed by atoms with Gasteiger partial charge in [0.1, 0.15) is 12.1 Å². The Morgan fingerprint density at radius 3 is 2.93 bits per heavy atom. The Bertz CT molecular complexity index is 717. The first-order chi connectivity index (χ1) is 13.8. The third-order valence-electron chi connectivity index (χ3n) is 5.31. The summed E-state index contributed by atoms with van der Waals surface area (Å²) in [4.78, 5) is 27.8. The second-order valence-corrected chi connectivity index (χ2v) is 7.50. The van der Waals surface area contributed by atoms with Crippen molar-refractivity contribution in [3.05, 3.63) is 31.0 Å². The van der Waals surface area contributed by atoms with E-state index in [2.05, 4.69) is 27.1 Å². The van der Waals surface area contributed by atoms with E-state index in [0.29, 0.717) is 12.4 Å². The summed E-state index contributed by atoms with van der Waals surface area (Å²) < 4.78 is 1.80. The normalized spacial score (nSPS) is 16.9. The van der Waals surface area contributed by atoms with Crippen LogP contribution in [0.15, 0.2) is 31.0 Å². The summed E-state index contributed by atoms with van der Waals surface area (Å²) in [7, 11) is 0. The molecule has 0 aromatic carbocycles. The minimum absolute atomic E-state index is 0.149. The lowest BCUT2D eigenvalue weighted by Crippen LogP contribution is -2.43. The molecule has 1 N–H and O–H groups in total. The number of nitrogens with zero attached hydrogens (tertiary/aromatic N) is 5. The zero-order valence-corrected chi connectivity index (χ0v) is 16.9. The van der Waals surface area contributed by atoms with Crippen LogP contribution in [-0.4, -0.2) is 44.6 Å². The molecule has 7 nitrogen and oxygen atoms in total. The monoisotopic (exact) mass is 384 g/mol. The fourth-order valence-corrected chi connectivity index (χ4v) is 3.76. The molecular weight excluding hydrogens is 352 g/mol. The van der Waals surface area contributed by atoms with Crippen LogP contribution in [0.5, 0.6) is 0 Å². The Morgan fingerprint density at radius 2 is 2.11 bits per heavy atom. The van der Waals surface area contributed by atoms with Crippen LogP contribution >= 0.6 is 0 Å². The van der Waals surface area contributed by atoms with Crippen molar-refractivity contribution >= 4 is 11.7 Å². The molecule has 1 unspecified atom stereocenters. The lowest BCUT2D eigenvalue weighted by molar-refractivity contribution is -0.121. The third kappa shape index (κ3) is 5.78. The van der Waals surface area contributed by atoms with E-state index < -0.39 is 0 Å². The van der Waals surface area contributed by atoms with Crippen molar-refractivity contribution in [3.63, 3.8) is 0 Å². The average Bonchev–Trinajstić information content (AvgIpc) is 3.26.